The lowest BCUT2D eigenvalue weighted by molar-refractivity contribution is -0.119. The molecule has 0 saturated carbocycles. The molecule has 1 aliphatic rings. The molecule has 2 aromatic carbocycles. The molecular weight excluding hydrogens is 292 g/mol. The number of ether oxygens (including phenoxy) is 2. The van der Waals surface area contributed by atoms with Crippen molar-refractivity contribution in [1.29, 1.82) is 0 Å². The van der Waals surface area contributed by atoms with Crippen molar-refractivity contribution in [3.8, 4) is 11.5 Å². The van der Waals surface area contributed by atoms with Crippen molar-refractivity contribution in [3.63, 3.8) is 0 Å². The lowest BCUT2D eigenvalue weighted by Crippen LogP contribution is -2.29. The van der Waals surface area contributed by atoms with E-state index in [1.807, 2.05) is 49.4 Å². The van der Waals surface area contributed by atoms with Crippen LogP contribution in [-0.2, 0) is 11.3 Å². The molecule has 5 heteroatoms. The van der Waals surface area contributed by atoms with Crippen LogP contribution >= 0.6 is 0 Å². The Morgan fingerprint density at radius 3 is 2.57 bits per heavy atom. The molecule has 3 rings (SSSR count). The normalized spacial score (nSPS) is 12.6. The van der Waals surface area contributed by atoms with Crippen molar-refractivity contribution in [2.24, 2.45) is 0 Å². The van der Waals surface area contributed by atoms with E-state index < -0.39 is 0 Å². The van der Waals surface area contributed by atoms with E-state index in [-0.39, 0.29) is 12.5 Å². The van der Waals surface area contributed by atoms with Gasteiger partial charge in [-0.2, -0.15) is 0 Å². The molecule has 0 atom stereocenters. The highest BCUT2D eigenvalue weighted by Crippen LogP contribution is 2.32. The second-order valence-corrected chi connectivity index (χ2v) is 5.47. The predicted molar refractivity (Wildman–Crippen MR) is 88.9 cm³/mol. The summed E-state index contributed by atoms with van der Waals surface area (Å²) in [6, 6.07) is 13.7. The minimum Gasteiger partial charge on any atom is -0.486 e. The predicted octanol–water partition coefficient (Wildman–Crippen LogP) is 2.49. The molecule has 1 heterocycles. The van der Waals surface area contributed by atoms with Gasteiger partial charge in [-0.25, -0.2) is 0 Å². The maximum atomic E-state index is 11.9. The van der Waals surface area contributed by atoms with E-state index >= 15 is 0 Å². The van der Waals surface area contributed by atoms with Gasteiger partial charge in [-0.3, -0.25) is 4.79 Å². The fourth-order valence-electron chi connectivity index (χ4n) is 2.30. The van der Waals surface area contributed by atoms with Gasteiger partial charge in [0.25, 0.3) is 0 Å². The van der Waals surface area contributed by atoms with Crippen molar-refractivity contribution in [1.82, 2.24) is 5.32 Å². The summed E-state index contributed by atoms with van der Waals surface area (Å²) in [5, 5.41) is 5.99. The number of fused-ring (bicyclic) bond motifs is 1. The summed E-state index contributed by atoms with van der Waals surface area (Å²) in [4.78, 5) is 11.9. The summed E-state index contributed by atoms with van der Waals surface area (Å²) in [7, 11) is 0. The fraction of sp³-hybridized carbons (Fsp3) is 0.278. The molecular formula is C18H20N2O3. The first-order valence-electron chi connectivity index (χ1n) is 7.66. The lowest BCUT2D eigenvalue weighted by atomic mass is 10.1. The highest BCUT2D eigenvalue weighted by Gasteiger charge is 2.11. The third kappa shape index (κ3) is 4.16. The van der Waals surface area contributed by atoms with Crippen LogP contribution in [0.2, 0.25) is 0 Å². The van der Waals surface area contributed by atoms with Crippen molar-refractivity contribution in [2.45, 2.75) is 13.5 Å². The van der Waals surface area contributed by atoms with E-state index in [2.05, 4.69) is 10.6 Å². The maximum Gasteiger partial charge on any atom is 0.239 e. The Kier molecular flexibility index (Phi) is 4.66. The second kappa shape index (κ2) is 7.05. The second-order valence-electron chi connectivity index (χ2n) is 5.47. The highest BCUT2D eigenvalue weighted by molar-refractivity contribution is 5.80. The molecule has 0 radical (unpaired) electrons. The summed E-state index contributed by atoms with van der Waals surface area (Å²) in [5.41, 5.74) is 3.13. The molecule has 23 heavy (non-hydrogen) atoms. The number of anilines is 1. The number of hydrogen-bond acceptors (Lipinski definition) is 4. The number of benzene rings is 2. The number of carbonyl (C=O) groups excluding carboxylic acids is 1. The molecule has 120 valence electrons. The van der Waals surface area contributed by atoms with Gasteiger partial charge in [0.1, 0.15) is 13.2 Å². The first-order valence-corrected chi connectivity index (χ1v) is 7.66. The molecule has 5 nitrogen and oxygen atoms in total. The molecule has 0 unspecified atom stereocenters. The summed E-state index contributed by atoms with van der Waals surface area (Å²) in [6.45, 7) is 3.90. The van der Waals surface area contributed by atoms with E-state index in [0.717, 1.165) is 17.0 Å². The zero-order valence-electron chi connectivity index (χ0n) is 13.1. The van der Waals surface area contributed by atoms with Gasteiger partial charge in [-0.1, -0.05) is 29.8 Å². The monoisotopic (exact) mass is 312 g/mol. The standard InChI is InChI=1S/C18H20N2O3/c1-13-2-4-14(5-3-13)11-20-18(21)12-19-15-6-7-16-17(10-15)23-9-8-22-16/h2-7,10,19H,8-9,11-12H2,1H3,(H,20,21). The smallest absolute Gasteiger partial charge is 0.239 e. The van der Waals surface area contributed by atoms with E-state index in [9.17, 15) is 4.79 Å². The van der Waals surface area contributed by atoms with Gasteiger partial charge < -0.3 is 20.1 Å². The molecule has 0 aliphatic carbocycles. The minimum atomic E-state index is -0.0551. The zero-order valence-corrected chi connectivity index (χ0v) is 13.1. The molecule has 2 N–H and O–H groups in total. The van der Waals surface area contributed by atoms with Crippen molar-refractivity contribution < 1.29 is 14.3 Å². The molecule has 0 aromatic heterocycles. The lowest BCUT2D eigenvalue weighted by Gasteiger charge is -2.19. The zero-order chi connectivity index (χ0) is 16.1. The van der Waals surface area contributed by atoms with Gasteiger partial charge in [0.15, 0.2) is 11.5 Å². The number of aryl methyl sites for hydroxylation is 1. The number of rotatable bonds is 5. The van der Waals surface area contributed by atoms with Crippen LogP contribution in [0.25, 0.3) is 0 Å². The maximum absolute atomic E-state index is 11.9. The Hall–Kier alpha value is -2.69. The van der Waals surface area contributed by atoms with Crippen LogP contribution in [-0.4, -0.2) is 25.7 Å². The highest BCUT2D eigenvalue weighted by atomic mass is 16.6. The minimum absolute atomic E-state index is 0.0551. The van der Waals surface area contributed by atoms with E-state index in [4.69, 9.17) is 9.47 Å². The summed E-state index contributed by atoms with van der Waals surface area (Å²) in [5.74, 6) is 1.40. The molecule has 0 fully saturated rings. The molecule has 1 amide bonds. The van der Waals surface area contributed by atoms with Gasteiger partial charge in [-0.15, -0.1) is 0 Å². The molecule has 1 aliphatic heterocycles. The fourth-order valence-corrected chi connectivity index (χ4v) is 2.30. The average Bonchev–Trinajstić information content (AvgIpc) is 2.59. The number of nitrogens with one attached hydrogen (secondary N) is 2. The SMILES string of the molecule is Cc1ccc(CNC(=O)CNc2ccc3c(c2)OCCO3)cc1. The van der Waals surface area contributed by atoms with Crippen LogP contribution in [0.4, 0.5) is 5.69 Å². The molecule has 0 saturated heterocycles. The van der Waals surface area contributed by atoms with E-state index in [0.29, 0.717) is 25.5 Å². The third-order valence-corrected chi connectivity index (χ3v) is 3.61. The Morgan fingerprint density at radius 2 is 1.78 bits per heavy atom. The first kappa shape index (κ1) is 15.2. The number of amides is 1. The third-order valence-electron chi connectivity index (χ3n) is 3.61. The van der Waals surface area contributed by atoms with Crippen molar-refractivity contribution in [3.05, 3.63) is 53.6 Å². The average molecular weight is 312 g/mol. The van der Waals surface area contributed by atoms with Crippen LogP contribution < -0.4 is 20.1 Å². The molecule has 0 bridgehead atoms. The largest absolute Gasteiger partial charge is 0.486 e. The van der Waals surface area contributed by atoms with Crippen LogP contribution in [0.15, 0.2) is 42.5 Å². The Labute approximate surface area is 135 Å². The Morgan fingerprint density at radius 1 is 1.04 bits per heavy atom. The Balaban J connectivity index is 1.48. The van der Waals surface area contributed by atoms with Crippen molar-refractivity contribution >= 4 is 11.6 Å². The van der Waals surface area contributed by atoms with Gasteiger partial charge in [0.05, 0.1) is 6.54 Å². The summed E-state index contributed by atoms with van der Waals surface area (Å²) in [6.07, 6.45) is 0. The molecule has 0 spiro atoms. The quantitative estimate of drug-likeness (QED) is 0.890. The van der Waals surface area contributed by atoms with Crippen molar-refractivity contribution in [2.75, 3.05) is 25.1 Å². The topological polar surface area (TPSA) is 59.6 Å². The van der Waals surface area contributed by atoms with Crippen LogP contribution in [0.3, 0.4) is 0 Å². The first-order chi connectivity index (χ1) is 11.2. The van der Waals surface area contributed by atoms with Gasteiger partial charge >= 0.3 is 0 Å². The van der Waals surface area contributed by atoms with Crippen LogP contribution in [0.1, 0.15) is 11.1 Å². The van der Waals surface area contributed by atoms with E-state index in [1.54, 1.807) is 0 Å². The summed E-state index contributed by atoms with van der Waals surface area (Å²) >= 11 is 0. The van der Waals surface area contributed by atoms with E-state index in [1.165, 1.54) is 5.56 Å². The molecule has 2 aromatic rings. The summed E-state index contributed by atoms with van der Waals surface area (Å²) < 4.78 is 11.0. The van der Waals surface area contributed by atoms with Gasteiger partial charge in [-0.05, 0) is 24.6 Å². The Bertz CT molecular complexity index is 683. The van der Waals surface area contributed by atoms with Gasteiger partial charge in [0.2, 0.25) is 5.91 Å². The van der Waals surface area contributed by atoms with Crippen LogP contribution in [0, 0.1) is 6.92 Å². The number of hydrogen-bond donors (Lipinski definition) is 2. The van der Waals surface area contributed by atoms with Gasteiger partial charge in [0, 0.05) is 18.3 Å². The van der Waals surface area contributed by atoms with Crippen LogP contribution in [0.5, 0.6) is 11.5 Å². The number of carbonyl (C=O) groups is 1.